The minimum Gasteiger partial charge on any atom is -0.379 e. The Hall–Kier alpha value is -2.12. The van der Waals surface area contributed by atoms with Crippen molar-refractivity contribution in [2.75, 3.05) is 51.3 Å². The molecular weight excluding hydrogens is 332 g/mol. The van der Waals surface area contributed by atoms with E-state index in [4.69, 9.17) is 4.74 Å². The molecule has 0 aliphatic carbocycles. The molecule has 3 amide bonds. The highest BCUT2D eigenvalue weighted by molar-refractivity contribution is 5.95. The van der Waals surface area contributed by atoms with Gasteiger partial charge < -0.3 is 20.7 Å². The summed E-state index contributed by atoms with van der Waals surface area (Å²) >= 11 is 0. The fourth-order valence-electron chi connectivity index (χ4n) is 3.11. The molecule has 1 aromatic rings. The SMILES string of the molecule is Cc1cc(C)c(NC(=O)CNC(=O)NCCCN2CCOCC2)c(C)c1. The molecule has 0 radical (unpaired) electrons. The first kappa shape index (κ1) is 20.2. The molecule has 0 saturated carbocycles. The van der Waals surface area contributed by atoms with Crippen LogP contribution in [0.1, 0.15) is 23.1 Å². The largest absolute Gasteiger partial charge is 0.379 e. The lowest BCUT2D eigenvalue weighted by atomic mass is 10.1. The van der Waals surface area contributed by atoms with Crippen LogP contribution in [0.3, 0.4) is 0 Å². The highest BCUT2D eigenvalue weighted by Crippen LogP contribution is 2.21. The van der Waals surface area contributed by atoms with Crippen LogP contribution in [0.15, 0.2) is 12.1 Å². The van der Waals surface area contributed by atoms with Crippen LogP contribution in [0, 0.1) is 20.8 Å². The molecule has 0 bridgehead atoms. The summed E-state index contributed by atoms with van der Waals surface area (Å²) in [6, 6.07) is 3.73. The molecule has 1 heterocycles. The third-order valence-electron chi connectivity index (χ3n) is 4.39. The minimum absolute atomic E-state index is 0.0535. The van der Waals surface area contributed by atoms with Crippen molar-refractivity contribution in [3.8, 4) is 0 Å². The number of carbonyl (C=O) groups excluding carboxylic acids is 2. The maximum atomic E-state index is 12.1. The molecule has 0 unspecified atom stereocenters. The molecule has 1 fully saturated rings. The topological polar surface area (TPSA) is 82.7 Å². The van der Waals surface area contributed by atoms with Crippen molar-refractivity contribution >= 4 is 17.6 Å². The number of carbonyl (C=O) groups is 2. The number of ether oxygens (including phenoxy) is 1. The van der Waals surface area contributed by atoms with Crippen molar-refractivity contribution in [2.24, 2.45) is 0 Å². The van der Waals surface area contributed by atoms with Crippen molar-refractivity contribution in [2.45, 2.75) is 27.2 Å². The van der Waals surface area contributed by atoms with Crippen molar-refractivity contribution in [1.29, 1.82) is 0 Å². The molecule has 7 heteroatoms. The number of amides is 3. The van der Waals surface area contributed by atoms with Gasteiger partial charge in [-0.2, -0.15) is 0 Å². The van der Waals surface area contributed by atoms with E-state index in [9.17, 15) is 9.59 Å². The van der Waals surface area contributed by atoms with Crippen molar-refractivity contribution in [1.82, 2.24) is 15.5 Å². The summed E-state index contributed by atoms with van der Waals surface area (Å²) in [7, 11) is 0. The molecule has 3 N–H and O–H groups in total. The van der Waals surface area contributed by atoms with E-state index >= 15 is 0 Å². The van der Waals surface area contributed by atoms with Crippen LogP contribution in [0.25, 0.3) is 0 Å². The van der Waals surface area contributed by atoms with Crippen molar-refractivity contribution < 1.29 is 14.3 Å². The van der Waals surface area contributed by atoms with E-state index in [0.29, 0.717) is 6.54 Å². The summed E-state index contributed by atoms with van der Waals surface area (Å²) in [6.07, 6.45) is 0.876. The number of rotatable bonds is 7. The van der Waals surface area contributed by atoms with Crippen LogP contribution in [-0.2, 0) is 9.53 Å². The molecule has 1 saturated heterocycles. The smallest absolute Gasteiger partial charge is 0.315 e. The number of nitrogens with one attached hydrogen (secondary N) is 3. The molecule has 1 aromatic carbocycles. The Labute approximate surface area is 155 Å². The van der Waals surface area contributed by atoms with Gasteiger partial charge in [-0.25, -0.2) is 4.79 Å². The summed E-state index contributed by atoms with van der Waals surface area (Å²) in [5.74, 6) is -0.233. The Morgan fingerprint density at radius 2 is 1.73 bits per heavy atom. The van der Waals surface area contributed by atoms with Gasteiger partial charge in [-0.1, -0.05) is 17.7 Å². The lowest BCUT2D eigenvalue weighted by Gasteiger charge is -2.26. The molecule has 0 spiro atoms. The van der Waals surface area contributed by atoms with Gasteiger partial charge in [0.2, 0.25) is 5.91 Å². The van der Waals surface area contributed by atoms with Gasteiger partial charge in [-0.05, 0) is 44.9 Å². The summed E-state index contributed by atoms with van der Waals surface area (Å²) < 4.78 is 5.30. The molecule has 26 heavy (non-hydrogen) atoms. The van der Waals surface area contributed by atoms with Gasteiger partial charge in [0.1, 0.15) is 0 Å². The van der Waals surface area contributed by atoms with E-state index in [1.165, 1.54) is 0 Å². The lowest BCUT2D eigenvalue weighted by molar-refractivity contribution is -0.115. The molecule has 0 aromatic heterocycles. The predicted octanol–water partition coefficient (Wildman–Crippen LogP) is 1.57. The number of aryl methyl sites for hydroxylation is 3. The molecule has 1 aliphatic rings. The van der Waals surface area contributed by atoms with E-state index in [-0.39, 0.29) is 18.5 Å². The zero-order valence-corrected chi connectivity index (χ0v) is 16.0. The first-order valence-corrected chi connectivity index (χ1v) is 9.15. The average Bonchev–Trinajstić information content (AvgIpc) is 2.61. The van der Waals surface area contributed by atoms with Gasteiger partial charge in [0.05, 0.1) is 19.8 Å². The lowest BCUT2D eigenvalue weighted by Crippen LogP contribution is -2.42. The summed E-state index contributed by atoms with van der Waals surface area (Å²) in [5.41, 5.74) is 4.01. The van der Waals surface area contributed by atoms with Gasteiger partial charge in [0, 0.05) is 25.3 Å². The van der Waals surface area contributed by atoms with E-state index in [0.717, 1.165) is 61.6 Å². The van der Waals surface area contributed by atoms with E-state index in [1.54, 1.807) is 0 Å². The van der Waals surface area contributed by atoms with Crippen molar-refractivity contribution in [3.05, 3.63) is 28.8 Å². The number of urea groups is 1. The molecule has 7 nitrogen and oxygen atoms in total. The number of anilines is 1. The Bertz CT molecular complexity index is 604. The Balaban J connectivity index is 1.63. The van der Waals surface area contributed by atoms with Gasteiger partial charge in [-0.3, -0.25) is 9.69 Å². The summed E-state index contributed by atoms with van der Waals surface area (Å²) in [5, 5.41) is 8.25. The third-order valence-corrected chi connectivity index (χ3v) is 4.39. The zero-order chi connectivity index (χ0) is 18.9. The van der Waals surface area contributed by atoms with Crippen molar-refractivity contribution in [3.63, 3.8) is 0 Å². The number of hydrogen-bond acceptors (Lipinski definition) is 4. The van der Waals surface area contributed by atoms with Gasteiger partial charge in [-0.15, -0.1) is 0 Å². The molecule has 144 valence electrons. The quantitative estimate of drug-likeness (QED) is 0.643. The normalized spacial score (nSPS) is 14.7. The Kier molecular flexibility index (Phi) is 7.87. The van der Waals surface area contributed by atoms with Crippen LogP contribution in [0.4, 0.5) is 10.5 Å². The van der Waals surface area contributed by atoms with Crippen LogP contribution in [0.2, 0.25) is 0 Å². The van der Waals surface area contributed by atoms with Crippen LogP contribution in [-0.4, -0.2) is 62.8 Å². The third kappa shape index (κ3) is 6.65. The Morgan fingerprint density at radius 1 is 1.08 bits per heavy atom. The molecular formula is C19H30N4O3. The number of benzene rings is 1. The van der Waals surface area contributed by atoms with Crippen LogP contribution >= 0.6 is 0 Å². The zero-order valence-electron chi connectivity index (χ0n) is 16.0. The highest BCUT2D eigenvalue weighted by Gasteiger charge is 2.11. The van der Waals surface area contributed by atoms with Gasteiger partial charge in [0.15, 0.2) is 0 Å². The minimum atomic E-state index is -0.320. The second kappa shape index (κ2) is 10.1. The predicted molar refractivity (Wildman–Crippen MR) is 103 cm³/mol. The fraction of sp³-hybridized carbons (Fsp3) is 0.579. The second-order valence-electron chi connectivity index (χ2n) is 6.74. The number of morpholine rings is 1. The van der Waals surface area contributed by atoms with E-state index < -0.39 is 0 Å². The molecule has 0 atom stereocenters. The maximum absolute atomic E-state index is 12.1. The number of nitrogens with zero attached hydrogens (tertiary/aromatic N) is 1. The summed E-state index contributed by atoms with van der Waals surface area (Å²) in [6.45, 7) is 10.9. The van der Waals surface area contributed by atoms with Gasteiger partial charge in [0.25, 0.3) is 0 Å². The Morgan fingerprint density at radius 3 is 2.38 bits per heavy atom. The second-order valence-corrected chi connectivity index (χ2v) is 6.74. The van der Waals surface area contributed by atoms with E-state index in [1.807, 2.05) is 32.9 Å². The first-order chi connectivity index (χ1) is 12.5. The maximum Gasteiger partial charge on any atom is 0.315 e. The fourth-order valence-corrected chi connectivity index (χ4v) is 3.11. The van der Waals surface area contributed by atoms with Gasteiger partial charge >= 0.3 is 6.03 Å². The molecule has 2 rings (SSSR count). The molecule has 1 aliphatic heterocycles. The van der Waals surface area contributed by atoms with Crippen LogP contribution < -0.4 is 16.0 Å². The summed E-state index contributed by atoms with van der Waals surface area (Å²) in [4.78, 5) is 26.2. The first-order valence-electron chi connectivity index (χ1n) is 9.15. The van der Waals surface area contributed by atoms with Crippen LogP contribution in [0.5, 0.6) is 0 Å². The standard InChI is InChI=1S/C19H30N4O3/c1-14-11-15(2)18(16(3)12-14)22-17(24)13-21-19(25)20-5-4-6-23-7-9-26-10-8-23/h11-12H,4-10,13H2,1-3H3,(H,22,24)(H2,20,21,25). The monoisotopic (exact) mass is 362 g/mol. The highest BCUT2D eigenvalue weighted by atomic mass is 16.5. The average molecular weight is 362 g/mol. The number of hydrogen-bond donors (Lipinski definition) is 3. The van der Waals surface area contributed by atoms with E-state index in [2.05, 4.69) is 20.9 Å².